The first-order chi connectivity index (χ1) is 9.88. The van der Waals surface area contributed by atoms with E-state index in [-0.39, 0.29) is 22.4 Å². The number of nitrogens with one attached hydrogen (secondary N) is 1. The van der Waals surface area contributed by atoms with Gasteiger partial charge in [-0.3, -0.25) is 4.79 Å². The molecule has 0 spiro atoms. The van der Waals surface area contributed by atoms with Crippen LogP contribution in [0.2, 0.25) is 0 Å². The fourth-order valence-electron chi connectivity index (χ4n) is 3.35. The summed E-state index contributed by atoms with van der Waals surface area (Å²) in [5.41, 5.74) is -0.00675. The molecule has 4 nitrogen and oxygen atoms in total. The number of carbonyl (C=O) groups is 1. The summed E-state index contributed by atoms with van der Waals surface area (Å²) < 4.78 is 36.1. The molecule has 0 bridgehead atoms. The van der Waals surface area contributed by atoms with Gasteiger partial charge in [-0.05, 0) is 42.9 Å². The van der Waals surface area contributed by atoms with E-state index in [0.29, 0.717) is 11.8 Å². The van der Waals surface area contributed by atoms with Crippen molar-refractivity contribution < 1.29 is 17.6 Å². The summed E-state index contributed by atoms with van der Waals surface area (Å²) in [6.45, 7) is 0. The van der Waals surface area contributed by atoms with Crippen molar-refractivity contribution in [1.29, 1.82) is 0 Å². The molecule has 3 rings (SSSR count). The Bertz CT molecular complexity index is 679. The van der Waals surface area contributed by atoms with Gasteiger partial charge in [-0.15, -0.1) is 0 Å². The SMILES string of the molecule is O=C(Nc1ccc(S(=O)(=O)Cl)cc1F)C1C2CCCCC21. The van der Waals surface area contributed by atoms with Crippen molar-refractivity contribution in [3.8, 4) is 0 Å². The predicted octanol–water partition coefficient (Wildman–Crippen LogP) is 3.13. The topological polar surface area (TPSA) is 63.2 Å². The molecule has 0 radical (unpaired) electrons. The molecule has 1 amide bonds. The van der Waals surface area contributed by atoms with E-state index in [4.69, 9.17) is 10.7 Å². The number of carbonyl (C=O) groups excluding carboxylic acids is 1. The maximum atomic E-state index is 13.9. The van der Waals surface area contributed by atoms with Crippen molar-refractivity contribution in [3.05, 3.63) is 24.0 Å². The Labute approximate surface area is 127 Å². The Kier molecular flexibility index (Phi) is 3.69. The minimum absolute atomic E-state index is 0.00675. The molecule has 21 heavy (non-hydrogen) atoms. The van der Waals surface area contributed by atoms with E-state index < -0.39 is 14.9 Å². The van der Waals surface area contributed by atoms with Gasteiger partial charge in [0.05, 0.1) is 10.6 Å². The Morgan fingerprint density at radius 1 is 1.24 bits per heavy atom. The first-order valence-corrected chi connectivity index (χ1v) is 9.24. The molecule has 2 aliphatic rings. The number of amides is 1. The number of hydrogen-bond donors (Lipinski definition) is 1. The molecule has 2 saturated carbocycles. The number of fused-ring (bicyclic) bond motifs is 1. The van der Waals surface area contributed by atoms with Crippen LogP contribution in [0.4, 0.5) is 10.1 Å². The standard InChI is InChI=1S/C14H15ClFNO3S/c15-21(19,20)8-5-6-12(11(16)7-8)17-14(18)13-9-3-1-2-4-10(9)13/h5-7,9-10,13H,1-4H2,(H,17,18). The van der Waals surface area contributed by atoms with E-state index in [1.54, 1.807) is 0 Å². The van der Waals surface area contributed by atoms with Gasteiger partial charge in [-0.25, -0.2) is 12.8 Å². The normalized spacial score (nSPS) is 27.8. The monoisotopic (exact) mass is 331 g/mol. The molecule has 0 aliphatic heterocycles. The van der Waals surface area contributed by atoms with Crippen LogP contribution in [0.3, 0.4) is 0 Å². The highest BCUT2D eigenvalue weighted by Crippen LogP contribution is 2.55. The van der Waals surface area contributed by atoms with Gasteiger partial charge in [0.25, 0.3) is 9.05 Å². The second kappa shape index (κ2) is 5.25. The fraction of sp³-hybridized carbons (Fsp3) is 0.500. The lowest BCUT2D eigenvalue weighted by molar-refractivity contribution is -0.117. The molecule has 2 aliphatic carbocycles. The van der Waals surface area contributed by atoms with Gasteiger partial charge >= 0.3 is 0 Å². The lowest BCUT2D eigenvalue weighted by Crippen LogP contribution is -2.16. The average Bonchev–Trinajstić information content (AvgIpc) is 3.14. The number of anilines is 1. The highest BCUT2D eigenvalue weighted by Gasteiger charge is 2.54. The summed E-state index contributed by atoms with van der Waals surface area (Å²) in [4.78, 5) is 11.8. The Morgan fingerprint density at radius 3 is 2.38 bits per heavy atom. The van der Waals surface area contributed by atoms with Crippen LogP contribution in [0.1, 0.15) is 25.7 Å². The van der Waals surface area contributed by atoms with Crippen LogP contribution in [-0.4, -0.2) is 14.3 Å². The molecule has 2 fully saturated rings. The zero-order chi connectivity index (χ0) is 15.2. The van der Waals surface area contributed by atoms with Crippen molar-refractivity contribution in [1.82, 2.24) is 0 Å². The van der Waals surface area contributed by atoms with Gasteiger partial charge in [-0.1, -0.05) is 12.8 Å². The van der Waals surface area contributed by atoms with Crippen LogP contribution in [0.25, 0.3) is 0 Å². The minimum atomic E-state index is -3.97. The largest absolute Gasteiger partial charge is 0.323 e. The molecule has 0 saturated heterocycles. The Morgan fingerprint density at radius 2 is 1.86 bits per heavy atom. The highest BCUT2D eigenvalue weighted by molar-refractivity contribution is 8.13. The molecule has 1 aromatic carbocycles. The average molecular weight is 332 g/mol. The third kappa shape index (κ3) is 2.92. The van der Waals surface area contributed by atoms with Crippen molar-refractivity contribution in [3.63, 3.8) is 0 Å². The Balaban J connectivity index is 1.72. The molecule has 114 valence electrons. The van der Waals surface area contributed by atoms with Crippen molar-refractivity contribution in [2.75, 3.05) is 5.32 Å². The lowest BCUT2D eigenvalue weighted by atomic mass is 10.0. The zero-order valence-corrected chi connectivity index (χ0v) is 12.8. The summed E-state index contributed by atoms with van der Waals surface area (Å²) >= 11 is 0. The van der Waals surface area contributed by atoms with E-state index in [1.165, 1.54) is 12.1 Å². The maximum absolute atomic E-state index is 13.9. The number of halogens is 2. The van der Waals surface area contributed by atoms with Crippen molar-refractivity contribution >= 4 is 31.3 Å². The Hall–Kier alpha value is -1.14. The lowest BCUT2D eigenvalue weighted by Gasteiger charge is -2.07. The molecule has 7 heteroatoms. The second-order valence-electron chi connectivity index (χ2n) is 5.71. The van der Waals surface area contributed by atoms with Crippen molar-refractivity contribution in [2.24, 2.45) is 17.8 Å². The second-order valence-corrected chi connectivity index (χ2v) is 8.27. The summed E-state index contributed by atoms with van der Waals surface area (Å²) in [5, 5.41) is 2.56. The number of rotatable bonds is 3. The van der Waals surface area contributed by atoms with Gasteiger partial charge in [0, 0.05) is 16.6 Å². The van der Waals surface area contributed by atoms with E-state index in [0.717, 1.165) is 31.7 Å². The minimum Gasteiger partial charge on any atom is -0.323 e. The van der Waals surface area contributed by atoms with Gasteiger partial charge in [0.1, 0.15) is 5.82 Å². The van der Waals surface area contributed by atoms with E-state index >= 15 is 0 Å². The van der Waals surface area contributed by atoms with E-state index in [1.807, 2.05) is 0 Å². The van der Waals surface area contributed by atoms with Crippen LogP contribution in [0.5, 0.6) is 0 Å². The summed E-state index contributed by atoms with van der Waals surface area (Å²) in [6, 6.07) is 3.23. The van der Waals surface area contributed by atoms with Crippen LogP contribution < -0.4 is 5.32 Å². The molecule has 2 atom stereocenters. The molecule has 0 heterocycles. The highest BCUT2D eigenvalue weighted by atomic mass is 35.7. The molecular weight excluding hydrogens is 317 g/mol. The van der Waals surface area contributed by atoms with E-state index in [2.05, 4.69) is 5.32 Å². The first kappa shape index (κ1) is 14.8. The molecule has 1 aromatic rings. The molecule has 0 aromatic heterocycles. The first-order valence-electron chi connectivity index (χ1n) is 6.93. The molecular formula is C14H15ClFNO3S. The van der Waals surface area contributed by atoms with E-state index in [9.17, 15) is 17.6 Å². The smallest absolute Gasteiger partial charge is 0.261 e. The van der Waals surface area contributed by atoms with Gasteiger partial charge in [-0.2, -0.15) is 0 Å². The molecule has 2 unspecified atom stereocenters. The molecule has 1 N–H and O–H groups in total. The van der Waals surface area contributed by atoms with Crippen LogP contribution in [0.15, 0.2) is 23.1 Å². The van der Waals surface area contributed by atoms with Gasteiger partial charge in [0.2, 0.25) is 5.91 Å². The van der Waals surface area contributed by atoms with Crippen LogP contribution in [-0.2, 0) is 13.8 Å². The quantitative estimate of drug-likeness (QED) is 0.865. The van der Waals surface area contributed by atoms with Crippen molar-refractivity contribution in [2.45, 2.75) is 30.6 Å². The van der Waals surface area contributed by atoms with Gasteiger partial charge in [0.15, 0.2) is 0 Å². The summed E-state index contributed by atoms with van der Waals surface area (Å²) in [7, 11) is 1.18. The summed E-state index contributed by atoms with van der Waals surface area (Å²) in [6.07, 6.45) is 4.44. The number of hydrogen-bond acceptors (Lipinski definition) is 3. The third-order valence-corrected chi connectivity index (χ3v) is 5.79. The fourth-order valence-corrected chi connectivity index (χ4v) is 4.11. The van der Waals surface area contributed by atoms with Crippen LogP contribution in [0, 0.1) is 23.6 Å². The third-order valence-electron chi connectivity index (χ3n) is 4.44. The number of benzene rings is 1. The maximum Gasteiger partial charge on any atom is 0.261 e. The summed E-state index contributed by atoms with van der Waals surface area (Å²) in [5.74, 6) is -0.127. The van der Waals surface area contributed by atoms with Crippen LogP contribution >= 0.6 is 10.7 Å². The van der Waals surface area contributed by atoms with Gasteiger partial charge < -0.3 is 5.32 Å². The predicted molar refractivity (Wildman–Crippen MR) is 77.0 cm³/mol. The zero-order valence-electron chi connectivity index (χ0n) is 11.2.